The number of aryl methyl sites for hydroxylation is 1. The molecule has 2 atom stereocenters. The van der Waals surface area contributed by atoms with E-state index in [0.717, 1.165) is 5.69 Å². The largest absolute Gasteiger partial charge is 0.392 e. The molecule has 0 aliphatic carbocycles. The zero-order valence-corrected chi connectivity index (χ0v) is 9.31. The monoisotopic (exact) mass is 223 g/mol. The van der Waals surface area contributed by atoms with E-state index in [2.05, 4.69) is 10.6 Å². The molecule has 0 spiro atoms. The molecule has 2 heterocycles. The van der Waals surface area contributed by atoms with Crippen LogP contribution in [-0.4, -0.2) is 34.3 Å². The maximum Gasteiger partial charge on any atom is 0.237 e. The lowest BCUT2D eigenvalue weighted by Gasteiger charge is -2.11. The van der Waals surface area contributed by atoms with E-state index >= 15 is 0 Å². The van der Waals surface area contributed by atoms with Gasteiger partial charge in [-0.25, -0.2) is 0 Å². The van der Waals surface area contributed by atoms with E-state index in [0.29, 0.717) is 19.5 Å². The van der Waals surface area contributed by atoms with Crippen LogP contribution in [0.3, 0.4) is 0 Å². The number of carbonyl (C=O) groups excluding carboxylic acids is 1. The van der Waals surface area contributed by atoms with E-state index < -0.39 is 6.10 Å². The SMILES string of the molecule is Cn1cccc1CNC(=O)C1CC(O)CN1. The molecule has 1 aliphatic rings. The fourth-order valence-corrected chi connectivity index (χ4v) is 1.90. The molecular formula is C11H17N3O2. The normalized spacial score (nSPS) is 24.6. The molecular weight excluding hydrogens is 206 g/mol. The summed E-state index contributed by atoms with van der Waals surface area (Å²) in [5.74, 6) is -0.0437. The minimum atomic E-state index is -0.397. The van der Waals surface area contributed by atoms with Crippen molar-refractivity contribution in [2.75, 3.05) is 6.54 Å². The van der Waals surface area contributed by atoms with Crippen LogP contribution in [0.15, 0.2) is 18.3 Å². The Bertz CT molecular complexity index is 375. The first-order valence-corrected chi connectivity index (χ1v) is 5.46. The number of β-amino-alcohol motifs (C(OH)–C–C–N with tert-alkyl or cyclic N) is 1. The summed E-state index contributed by atoms with van der Waals surface area (Å²) < 4.78 is 1.97. The molecule has 16 heavy (non-hydrogen) atoms. The molecule has 0 saturated carbocycles. The number of hydrogen-bond donors (Lipinski definition) is 3. The van der Waals surface area contributed by atoms with Crippen molar-refractivity contribution < 1.29 is 9.90 Å². The molecule has 0 aromatic carbocycles. The molecule has 0 radical (unpaired) electrons. The van der Waals surface area contributed by atoms with E-state index in [9.17, 15) is 9.90 Å². The average Bonchev–Trinajstić information content (AvgIpc) is 2.84. The quantitative estimate of drug-likeness (QED) is 0.639. The predicted octanol–water partition coefficient (Wildman–Crippen LogP) is -0.636. The summed E-state index contributed by atoms with van der Waals surface area (Å²) in [4.78, 5) is 11.7. The number of nitrogens with zero attached hydrogens (tertiary/aromatic N) is 1. The Morgan fingerprint density at radius 3 is 3.12 bits per heavy atom. The highest BCUT2D eigenvalue weighted by Crippen LogP contribution is 2.06. The van der Waals surface area contributed by atoms with Crippen LogP contribution < -0.4 is 10.6 Å². The number of amides is 1. The summed E-state index contributed by atoms with van der Waals surface area (Å²) in [6.07, 6.45) is 2.05. The van der Waals surface area contributed by atoms with Crippen LogP contribution in [0.2, 0.25) is 0 Å². The number of aromatic nitrogens is 1. The zero-order valence-electron chi connectivity index (χ0n) is 9.31. The van der Waals surface area contributed by atoms with Crippen LogP contribution in [0.1, 0.15) is 12.1 Å². The van der Waals surface area contributed by atoms with Gasteiger partial charge in [0.2, 0.25) is 5.91 Å². The number of hydrogen-bond acceptors (Lipinski definition) is 3. The minimum absolute atomic E-state index is 0.0437. The second kappa shape index (κ2) is 4.67. The van der Waals surface area contributed by atoms with Crippen LogP contribution >= 0.6 is 0 Å². The summed E-state index contributed by atoms with van der Waals surface area (Å²) in [5.41, 5.74) is 1.06. The average molecular weight is 223 g/mol. The molecule has 1 aromatic rings. The highest BCUT2D eigenvalue weighted by molar-refractivity contribution is 5.82. The van der Waals surface area contributed by atoms with Gasteiger partial charge in [-0.05, 0) is 18.6 Å². The van der Waals surface area contributed by atoms with Crippen LogP contribution in [-0.2, 0) is 18.4 Å². The molecule has 1 aromatic heterocycles. The van der Waals surface area contributed by atoms with Gasteiger partial charge in [0.15, 0.2) is 0 Å². The summed E-state index contributed by atoms with van der Waals surface area (Å²) in [6.45, 7) is 1.03. The van der Waals surface area contributed by atoms with Crippen molar-refractivity contribution in [2.45, 2.75) is 25.1 Å². The molecule has 1 aliphatic heterocycles. The van der Waals surface area contributed by atoms with Crippen molar-refractivity contribution in [3.8, 4) is 0 Å². The first-order valence-electron chi connectivity index (χ1n) is 5.46. The van der Waals surface area contributed by atoms with Gasteiger partial charge in [-0.15, -0.1) is 0 Å². The number of aliphatic hydroxyl groups is 1. The van der Waals surface area contributed by atoms with Crippen molar-refractivity contribution in [1.82, 2.24) is 15.2 Å². The van der Waals surface area contributed by atoms with Crippen molar-refractivity contribution in [3.05, 3.63) is 24.0 Å². The number of nitrogens with one attached hydrogen (secondary N) is 2. The second-order valence-corrected chi connectivity index (χ2v) is 4.18. The van der Waals surface area contributed by atoms with Gasteiger partial charge in [0.1, 0.15) is 0 Å². The number of aliphatic hydroxyl groups excluding tert-OH is 1. The molecule has 2 unspecified atom stereocenters. The van der Waals surface area contributed by atoms with E-state index in [1.54, 1.807) is 0 Å². The standard InChI is InChI=1S/C11H17N3O2/c1-14-4-2-3-8(14)6-13-11(16)10-5-9(15)7-12-10/h2-4,9-10,12,15H,5-7H2,1H3,(H,13,16). The highest BCUT2D eigenvalue weighted by atomic mass is 16.3. The minimum Gasteiger partial charge on any atom is -0.392 e. The molecule has 2 rings (SSSR count). The van der Waals surface area contributed by atoms with Crippen molar-refractivity contribution in [1.29, 1.82) is 0 Å². The first kappa shape index (κ1) is 11.2. The topological polar surface area (TPSA) is 66.3 Å². The fraction of sp³-hybridized carbons (Fsp3) is 0.545. The predicted molar refractivity (Wildman–Crippen MR) is 59.7 cm³/mol. The lowest BCUT2D eigenvalue weighted by molar-refractivity contribution is -0.123. The van der Waals surface area contributed by atoms with Crippen LogP contribution in [0.4, 0.5) is 0 Å². The van der Waals surface area contributed by atoms with Gasteiger partial charge < -0.3 is 20.3 Å². The third-order valence-electron chi connectivity index (χ3n) is 2.92. The molecule has 1 amide bonds. The van der Waals surface area contributed by atoms with Crippen LogP contribution in [0, 0.1) is 0 Å². The van der Waals surface area contributed by atoms with E-state index in [1.807, 2.05) is 29.9 Å². The maximum atomic E-state index is 11.7. The fourth-order valence-electron chi connectivity index (χ4n) is 1.90. The van der Waals surface area contributed by atoms with Gasteiger partial charge in [-0.3, -0.25) is 4.79 Å². The summed E-state index contributed by atoms with van der Waals surface area (Å²) in [5, 5.41) is 15.1. The van der Waals surface area contributed by atoms with E-state index in [-0.39, 0.29) is 11.9 Å². The van der Waals surface area contributed by atoms with Crippen molar-refractivity contribution in [2.24, 2.45) is 7.05 Å². The first-order chi connectivity index (χ1) is 7.66. The molecule has 1 fully saturated rings. The molecule has 88 valence electrons. The van der Waals surface area contributed by atoms with Gasteiger partial charge in [-0.2, -0.15) is 0 Å². The lowest BCUT2D eigenvalue weighted by atomic mass is 10.2. The summed E-state index contributed by atoms with van der Waals surface area (Å²) in [6, 6.07) is 3.66. The van der Waals surface area contributed by atoms with E-state index in [1.165, 1.54) is 0 Å². The van der Waals surface area contributed by atoms with Gasteiger partial charge in [0, 0.05) is 25.5 Å². The molecule has 5 nitrogen and oxygen atoms in total. The Labute approximate surface area is 94.5 Å². The van der Waals surface area contributed by atoms with E-state index in [4.69, 9.17) is 0 Å². The molecule has 0 bridgehead atoms. The third-order valence-corrected chi connectivity index (χ3v) is 2.92. The zero-order chi connectivity index (χ0) is 11.5. The summed E-state index contributed by atoms with van der Waals surface area (Å²) in [7, 11) is 1.94. The van der Waals surface area contributed by atoms with Gasteiger partial charge in [-0.1, -0.05) is 0 Å². The third kappa shape index (κ3) is 2.43. The lowest BCUT2D eigenvalue weighted by Crippen LogP contribution is -2.40. The number of carbonyl (C=O) groups is 1. The Morgan fingerprint density at radius 2 is 2.56 bits per heavy atom. The Hall–Kier alpha value is -1.33. The van der Waals surface area contributed by atoms with Crippen molar-refractivity contribution in [3.63, 3.8) is 0 Å². The maximum absolute atomic E-state index is 11.7. The molecule has 5 heteroatoms. The number of rotatable bonds is 3. The Morgan fingerprint density at radius 1 is 1.75 bits per heavy atom. The van der Waals surface area contributed by atoms with Crippen LogP contribution in [0.5, 0.6) is 0 Å². The van der Waals surface area contributed by atoms with Gasteiger partial charge in [0.05, 0.1) is 18.7 Å². The van der Waals surface area contributed by atoms with Crippen molar-refractivity contribution >= 4 is 5.91 Å². The molecule has 3 N–H and O–H groups in total. The Balaban J connectivity index is 1.82. The smallest absolute Gasteiger partial charge is 0.237 e. The van der Waals surface area contributed by atoms with Gasteiger partial charge in [0.25, 0.3) is 0 Å². The molecule has 1 saturated heterocycles. The van der Waals surface area contributed by atoms with Crippen LogP contribution in [0.25, 0.3) is 0 Å². The second-order valence-electron chi connectivity index (χ2n) is 4.18. The Kier molecular flexibility index (Phi) is 3.26. The van der Waals surface area contributed by atoms with Gasteiger partial charge >= 0.3 is 0 Å². The summed E-state index contributed by atoms with van der Waals surface area (Å²) >= 11 is 0. The highest BCUT2D eigenvalue weighted by Gasteiger charge is 2.27.